The number of fused-ring (bicyclic) bond motifs is 1. The summed E-state index contributed by atoms with van der Waals surface area (Å²) in [7, 11) is -3.18. The van der Waals surface area contributed by atoms with E-state index >= 15 is 0 Å². The van der Waals surface area contributed by atoms with Gasteiger partial charge in [-0.1, -0.05) is 11.8 Å². The molecule has 3 heterocycles. The predicted octanol–water partition coefficient (Wildman–Crippen LogP) is 3.06. The monoisotopic (exact) mass is 547 g/mol. The molecule has 0 radical (unpaired) electrons. The van der Waals surface area contributed by atoms with Crippen LogP contribution >= 0.6 is 31.3 Å². The van der Waals surface area contributed by atoms with Crippen LogP contribution in [0.5, 0.6) is 0 Å². The van der Waals surface area contributed by atoms with E-state index in [2.05, 4.69) is 24.8 Å². The highest BCUT2D eigenvalue weighted by molar-refractivity contribution is 7.99. The molecule has 0 spiro atoms. The lowest BCUT2D eigenvalue weighted by Crippen LogP contribution is -2.19. The predicted molar refractivity (Wildman–Crippen MR) is 121 cm³/mol. The number of alkyl halides is 3. The molecule has 0 amide bonds. The summed E-state index contributed by atoms with van der Waals surface area (Å²) >= 11 is 2.47. The lowest BCUT2D eigenvalue weighted by molar-refractivity contribution is -0.129. The minimum atomic E-state index is -4.29. The minimum absolute atomic E-state index is 0.102. The van der Waals surface area contributed by atoms with Gasteiger partial charge < -0.3 is 20.1 Å². The third kappa shape index (κ3) is 7.43. The number of phosphoric ester groups is 1. The van der Waals surface area contributed by atoms with Crippen LogP contribution < -0.4 is 5.32 Å². The van der Waals surface area contributed by atoms with E-state index in [0.717, 1.165) is 24.6 Å². The van der Waals surface area contributed by atoms with Gasteiger partial charge in [0.1, 0.15) is 6.10 Å². The van der Waals surface area contributed by atoms with Gasteiger partial charge in [-0.2, -0.15) is 24.9 Å². The number of hydrogen-bond donors (Lipinski definition) is 3. The van der Waals surface area contributed by atoms with Crippen LogP contribution in [0.2, 0.25) is 0 Å². The number of phosphoric acid groups is 1. The van der Waals surface area contributed by atoms with E-state index in [0.29, 0.717) is 17.9 Å². The average molecular weight is 548 g/mol. The Hall–Kier alpha value is -1.13. The topological polar surface area (TPSA) is 141 Å². The van der Waals surface area contributed by atoms with Crippen LogP contribution in [0.4, 0.5) is 19.0 Å². The Labute approximate surface area is 201 Å². The van der Waals surface area contributed by atoms with Gasteiger partial charge in [0.15, 0.2) is 28.4 Å². The van der Waals surface area contributed by atoms with E-state index in [4.69, 9.17) is 9.26 Å². The van der Waals surface area contributed by atoms with E-state index in [-0.39, 0.29) is 29.6 Å². The summed E-state index contributed by atoms with van der Waals surface area (Å²) in [4.78, 5) is 22.4. The first-order valence-electron chi connectivity index (χ1n) is 10.1. The number of nitrogens with one attached hydrogen (secondary N) is 1. The zero-order valence-corrected chi connectivity index (χ0v) is 20.8. The summed E-state index contributed by atoms with van der Waals surface area (Å²) < 4.78 is 65.7. The molecule has 0 saturated carbocycles. The van der Waals surface area contributed by atoms with Crippen LogP contribution in [0.1, 0.15) is 19.1 Å². The quantitative estimate of drug-likeness (QED) is 0.156. The second-order valence-electron chi connectivity index (χ2n) is 7.21. The molecule has 2 aromatic heterocycles. The van der Waals surface area contributed by atoms with Crippen LogP contribution in [0.15, 0.2) is 11.5 Å². The van der Waals surface area contributed by atoms with E-state index in [1.54, 1.807) is 11.8 Å². The number of anilines is 1. The van der Waals surface area contributed by atoms with Gasteiger partial charge in [0, 0.05) is 31.6 Å². The largest absolute Gasteiger partial charge is 0.472 e. The van der Waals surface area contributed by atoms with Crippen LogP contribution in [0.25, 0.3) is 11.2 Å². The number of rotatable bonds is 12. The molecule has 11 nitrogen and oxygen atoms in total. The molecule has 34 heavy (non-hydrogen) atoms. The number of nitrogens with zero attached hydrogens (tertiary/aromatic N) is 4. The van der Waals surface area contributed by atoms with Crippen molar-refractivity contribution in [3.63, 3.8) is 0 Å². The van der Waals surface area contributed by atoms with E-state index in [1.165, 1.54) is 10.9 Å². The number of ether oxygens (including phenoxy) is 1. The van der Waals surface area contributed by atoms with E-state index < -0.39 is 38.9 Å². The maximum Gasteiger partial charge on any atom is 0.472 e. The van der Waals surface area contributed by atoms with Crippen LogP contribution in [-0.4, -0.2) is 85.9 Å². The highest BCUT2D eigenvalue weighted by Crippen LogP contribution is 2.43. The second-order valence-corrected chi connectivity index (χ2v) is 10.8. The molecular formula is C17H25F3N5O6PS2. The zero-order chi connectivity index (χ0) is 24.9. The normalized spacial score (nSPS) is 22.9. The molecule has 1 saturated heterocycles. The van der Waals surface area contributed by atoms with E-state index in [1.807, 2.05) is 6.26 Å². The van der Waals surface area contributed by atoms with Crippen molar-refractivity contribution in [1.82, 2.24) is 19.5 Å². The summed E-state index contributed by atoms with van der Waals surface area (Å²) in [5.41, 5.74) is 0.641. The molecule has 3 N–H and O–H groups in total. The fraction of sp³-hybridized carbons (Fsp3) is 0.706. The van der Waals surface area contributed by atoms with Gasteiger partial charge in [-0.25, -0.2) is 19.5 Å². The van der Waals surface area contributed by atoms with Gasteiger partial charge in [0.2, 0.25) is 0 Å². The van der Waals surface area contributed by atoms with Gasteiger partial charge in [-0.3, -0.25) is 13.6 Å². The molecule has 0 aliphatic carbocycles. The third-order valence-corrected chi connectivity index (χ3v) is 7.11. The van der Waals surface area contributed by atoms with E-state index in [9.17, 15) is 27.7 Å². The van der Waals surface area contributed by atoms with Crippen molar-refractivity contribution in [1.29, 1.82) is 0 Å². The highest BCUT2D eigenvalue weighted by atomic mass is 32.2. The third-order valence-electron chi connectivity index (χ3n) is 4.71. The fourth-order valence-electron chi connectivity index (χ4n) is 3.12. The van der Waals surface area contributed by atoms with Crippen LogP contribution in [0.3, 0.4) is 0 Å². The van der Waals surface area contributed by atoms with Crippen molar-refractivity contribution in [2.24, 2.45) is 0 Å². The van der Waals surface area contributed by atoms with Gasteiger partial charge >= 0.3 is 14.0 Å². The number of hydrogen-bond acceptors (Lipinski definition) is 11. The van der Waals surface area contributed by atoms with Gasteiger partial charge in [-0.05, 0) is 6.26 Å². The summed E-state index contributed by atoms with van der Waals surface area (Å²) in [5, 5.41) is 13.8. The number of imidazole rings is 1. The highest BCUT2D eigenvalue weighted by Gasteiger charge is 2.38. The molecule has 192 valence electrons. The summed E-state index contributed by atoms with van der Waals surface area (Å²) in [6.07, 6.45) is -4.52. The number of thioether (sulfide) groups is 2. The Kier molecular flexibility index (Phi) is 9.48. The lowest BCUT2D eigenvalue weighted by Gasteiger charge is -2.18. The van der Waals surface area contributed by atoms with Gasteiger partial charge in [0.25, 0.3) is 0 Å². The molecule has 1 aliphatic rings. The number of aromatic nitrogens is 4. The first kappa shape index (κ1) is 27.5. The molecule has 4 atom stereocenters. The molecule has 17 heteroatoms. The standard InChI is InChI=1S/C17H25F3N5O6PS2/c1-29-32(27,28)30-8-10-7-11(26)15(31-10)25-9-22-12-13(21-4-6-33-2)23-16(24-14(12)25)34-5-3-17(18,19)20/h9-11,15,26H,3-8H2,1-2H3,(H,27,28)(H,21,23,24)/t10-,11+,15+/m0/s1. The van der Waals surface area contributed by atoms with Gasteiger partial charge in [-0.15, -0.1) is 0 Å². The zero-order valence-electron chi connectivity index (χ0n) is 18.3. The maximum absolute atomic E-state index is 12.6. The molecule has 1 aliphatic heterocycles. The molecular weight excluding hydrogens is 522 g/mol. The van der Waals surface area contributed by atoms with Crippen molar-refractivity contribution in [3.8, 4) is 0 Å². The number of aliphatic hydroxyl groups is 1. The smallest absolute Gasteiger partial charge is 0.388 e. The SMILES string of the molecule is COP(=O)(O)OC[C@@H]1C[C@@H](O)[C@H](n2cnc3c(NCCSC)nc(SCCC(F)(F)F)nc32)O1. The summed E-state index contributed by atoms with van der Waals surface area (Å²) in [5.74, 6) is 0.877. The second kappa shape index (κ2) is 11.7. The van der Waals surface area contributed by atoms with Crippen molar-refractivity contribution in [2.45, 2.75) is 42.6 Å². The number of aliphatic hydroxyl groups excluding tert-OH is 1. The minimum Gasteiger partial charge on any atom is -0.388 e. The van der Waals surface area contributed by atoms with Crippen LogP contribution in [0, 0.1) is 0 Å². The molecule has 1 unspecified atom stereocenters. The van der Waals surface area contributed by atoms with Crippen molar-refractivity contribution < 1.29 is 41.5 Å². The molecule has 3 rings (SSSR count). The first-order valence-corrected chi connectivity index (χ1v) is 13.9. The molecule has 0 aromatic carbocycles. The average Bonchev–Trinajstić information content (AvgIpc) is 3.34. The fourth-order valence-corrected chi connectivity index (χ4v) is 4.71. The summed E-state index contributed by atoms with van der Waals surface area (Å²) in [6.45, 7) is 0.256. The molecule has 2 aromatic rings. The van der Waals surface area contributed by atoms with Crippen molar-refractivity contribution in [2.75, 3.05) is 43.3 Å². The Morgan fingerprint density at radius 1 is 1.38 bits per heavy atom. The van der Waals surface area contributed by atoms with Crippen molar-refractivity contribution >= 4 is 48.3 Å². The molecule has 0 bridgehead atoms. The maximum atomic E-state index is 12.6. The number of halogens is 3. The van der Waals surface area contributed by atoms with Gasteiger partial charge in [0.05, 0.1) is 25.5 Å². The Bertz CT molecular complexity index is 1020. The Morgan fingerprint density at radius 2 is 2.15 bits per heavy atom. The lowest BCUT2D eigenvalue weighted by atomic mass is 10.2. The molecule has 1 fully saturated rings. The summed E-state index contributed by atoms with van der Waals surface area (Å²) in [6, 6.07) is 0. The van der Waals surface area contributed by atoms with Crippen molar-refractivity contribution in [3.05, 3.63) is 6.33 Å². The Balaban J connectivity index is 1.83. The van der Waals surface area contributed by atoms with Crippen LogP contribution in [-0.2, 0) is 18.3 Å². The first-order chi connectivity index (χ1) is 16.0. The Morgan fingerprint density at radius 3 is 2.82 bits per heavy atom.